The maximum absolute atomic E-state index is 12.2. The summed E-state index contributed by atoms with van der Waals surface area (Å²) in [7, 11) is 0. The molecule has 0 unspecified atom stereocenters. The minimum absolute atomic E-state index is 0.0775. The second-order valence-corrected chi connectivity index (χ2v) is 5.79. The van der Waals surface area contributed by atoms with Crippen LogP contribution in [0.25, 0.3) is 11.0 Å². The van der Waals surface area contributed by atoms with Crippen LogP contribution in [0.2, 0.25) is 0 Å². The van der Waals surface area contributed by atoms with Gasteiger partial charge in [-0.2, -0.15) is 0 Å². The molecular formula is C13H15BrN4O4. The molecule has 2 aromatic rings. The van der Waals surface area contributed by atoms with Crippen molar-refractivity contribution in [2.75, 3.05) is 18.5 Å². The van der Waals surface area contributed by atoms with Gasteiger partial charge < -0.3 is 15.2 Å². The zero-order chi connectivity index (χ0) is 16.3. The highest BCUT2D eigenvalue weighted by atomic mass is 79.9. The number of aromatic nitrogens is 3. The third-order valence-electron chi connectivity index (χ3n) is 2.84. The van der Waals surface area contributed by atoms with Crippen LogP contribution in [-0.2, 0) is 9.53 Å². The summed E-state index contributed by atoms with van der Waals surface area (Å²) in [4.78, 5) is 11.7. The Bertz CT molecular complexity index is 708. The van der Waals surface area contributed by atoms with Gasteiger partial charge >= 0.3 is 11.9 Å². The molecular weight excluding hydrogens is 356 g/mol. The zero-order valence-electron chi connectivity index (χ0n) is 12.1. The van der Waals surface area contributed by atoms with Crippen molar-refractivity contribution in [2.24, 2.45) is 5.92 Å². The standard InChI is InChI=1S/C13H15BrN4O4/c1-8(2)12(19)22-6-5-15-13-16-18(21)10-4-3-9(14)7-11(10)17(13)20/h3-4,7-8H,5-6H2,1-2H3,(H,15,16). The summed E-state index contributed by atoms with van der Waals surface area (Å²) in [5, 5.41) is 30.3. The summed E-state index contributed by atoms with van der Waals surface area (Å²) in [5.74, 6) is -0.698. The Hall–Kier alpha value is -2.16. The zero-order valence-corrected chi connectivity index (χ0v) is 13.7. The SMILES string of the molecule is CC(C)C(=O)OCCNc1n[n+]([O-])c2ccc(Br)cc2[n+]1[O-]. The van der Waals surface area contributed by atoms with E-state index in [9.17, 15) is 15.2 Å². The van der Waals surface area contributed by atoms with Crippen molar-refractivity contribution in [3.63, 3.8) is 0 Å². The number of anilines is 1. The van der Waals surface area contributed by atoms with E-state index in [0.29, 0.717) is 14.0 Å². The molecule has 9 heteroatoms. The van der Waals surface area contributed by atoms with E-state index in [4.69, 9.17) is 4.74 Å². The van der Waals surface area contributed by atoms with E-state index in [1.807, 2.05) is 0 Å². The van der Waals surface area contributed by atoms with Gasteiger partial charge in [0.2, 0.25) is 5.10 Å². The summed E-state index contributed by atoms with van der Waals surface area (Å²) in [5.41, 5.74) is 0.344. The molecule has 118 valence electrons. The van der Waals surface area contributed by atoms with Crippen molar-refractivity contribution in [2.45, 2.75) is 13.8 Å². The first-order valence-electron chi connectivity index (χ1n) is 6.63. The predicted molar refractivity (Wildman–Crippen MR) is 81.6 cm³/mol. The van der Waals surface area contributed by atoms with Crippen LogP contribution < -0.4 is 14.9 Å². The average molecular weight is 371 g/mol. The lowest BCUT2D eigenvalue weighted by Crippen LogP contribution is -2.44. The molecule has 22 heavy (non-hydrogen) atoms. The van der Waals surface area contributed by atoms with E-state index in [1.165, 1.54) is 12.1 Å². The highest BCUT2D eigenvalue weighted by Gasteiger charge is 2.20. The number of esters is 1. The minimum atomic E-state index is -0.328. The second kappa shape index (κ2) is 6.73. The first-order valence-corrected chi connectivity index (χ1v) is 7.42. The van der Waals surface area contributed by atoms with Crippen molar-refractivity contribution in [1.82, 2.24) is 5.10 Å². The van der Waals surface area contributed by atoms with Crippen LogP contribution in [0, 0.1) is 16.3 Å². The molecule has 0 aliphatic carbocycles. The lowest BCUT2D eigenvalue weighted by atomic mass is 10.2. The highest BCUT2D eigenvalue weighted by molar-refractivity contribution is 9.10. The van der Waals surface area contributed by atoms with E-state index in [0.717, 1.165) is 0 Å². The molecule has 0 bridgehead atoms. The number of rotatable bonds is 5. The fourth-order valence-corrected chi connectivity index (χ4v) is 2.05. The predicted octanol–water partition coefficient (Wildman–Crippen LogP) is 0.875. The molecule has 0 saturated heterocycles. The van der Waals surface area contributed by atoms with Gasteiger partial charge in [0.1, 0.15) is 6.61 Å². The second-order valence-electron chi connectivity index (χ2n) is 4.87. The van der Waals surface area contributed by atoms with Crippen LogP contribution >= 0.6 is 15.9 Å². The van der Waals surface area contributed by atoms with Gasteiger partial charge in [-0.15, -0.1) is 0 Å². The van der Waals surface area contributed by atoms with Crippen LogP contribution in [0.5, 0.6) is 0 Å². The number of carbonyl (C=O) groups excluding carboxylic acids is 1. The highest BCUT2D eigenvalue weighted by Crippen LogP contribution is 2.14. The molecule has 0 spiro atoms. The van der Waals surface area contributed by atoms with E-state index in [-0.39, 0.29) is 42.0 Å². The quantitative estimate of drug-likeness (QED) is 0.362. The van der Waals surface area contributed by atoms with E-state index in [2.05, 4.69) is 26.3 Å². The molecule has 8 nitrogen and oxygen atoms in total. The van der Waals surface area contributed by atoms with Crippen LogP contribution in [0.1, 0.15) is 13.8 Å². The molecule has 0 fully saturated rings. The Kier molecular flexibility index (Phi) is 4.96. The fraction of sp³-hybridized carbons (Fsp3) is 0.385. The number of hydrogen-bond acceptors (Lipinski definition) is 6. The maximum Gasteiger partial charge on any atom is 0.461 e. The molecule has 0 saturated carbocycles. The van der Waals surface area contributed by atoms with E-state index >= 15 is 0 Å². The third-order valence-corrected chi connectivity index (χ3v) is 3.33. The number of carbonyl (C=O) groups is 1. The van der Waals surface area contributed by atoms with Crippen molar-refractivity contribution in [1.29, 1.82) is 0 Å². The molecule has 0 radical (unpaired) electrons. The number of hydrogen-bond donors (Lipinski definition) is 1. The largest absolute Gasteiger partial charge is 0.739 e. The lowest BCUT2D eigenvalue weighted by Gasteiger charge is -2.10. The van der Waals surface area contributed by atoms with Gasteiger partial charge in [0.25, 0.3) is 5.52 Å². The number of nitrogens with one attached hydrogen (secondary N) is 1. The van der Waals surface area contributed by atoms with Crippen molar-refractivity contribution < 1.29 is 19.1 Å². The molecule has 0 aliphatic heterocycles. The van der Waals surface area contributed by atoms with Gasteiger partial charge in [-0.3, -0.25) is 10.1 Å². The van der Waals surface area contributed by atoms with Gasteiger partial charge in [0.05, 0.1) is 12.5 Å². The van der Waals surface area contributed by atoms with Crippen LogP contribution in [0.4, 0.5) is 5.95 Å². The van der Waals surface area contributed by atoms with Crippen molar-refractivity contribution in [3.05, 3.63) is 33.1 Å². The van der Waals surface area contributed by atoms with E-state index < -0.39 is 0 Å². The van der Waals surface area contributed by atoms with E-state index in [1.54, 1.807) is 19.9 Å². The van der Waals surface area contributed by atoms with Crippen molar-refractivity contribution >= 4 is 38.9 Å². The first kappa shape index (κ1) is 16.2. The fourth-order valence-electron chi connectivity index (χ4n) is 1.70. The van der Waals surface area contributed by atoms with Gasteiger partial charge in [-0.05, 0) is 12.1 Å². The number of benzene rings is 1. The molecule has 1 heterocycles. The molecule has 2 rings (SSSR count). The topological polar surface area (TPSA) is 105 Å². The summed E-state index contributed by atoms with van der Waals surface area (Å²) in [6, 6.07) is 4.68. The maximum atomic E-state index is 12.2. The Balaban J connectivity index is 2.12. The van der Waals surface area contributed by atoms with Crippen LogP contribution in [0.15, 0.2) is 22.7 Å². The number of fused-ring (bicyclic) bond motifs is 1. The monoisotopic (exact) mass is 370 g/mol. The van der Waals surface area contributed by atoms with Gasteiger partial charge in [-0.25, -0.2) is 4.73 Å². The Morgan fingerprint density at radius 1 is 1.41 bits per heavy atom. The molecule has 0 amide bonds. The lowest BCUT2D eigenvalue weighted by molar-refractivity contribution is -0.672. The minimum Gasteiger partial charge on any atom is -0.739 e. The Morgan fingerprint density at radius 2 is 2.14 bits per heavy atom. The molecule has 1 aromatic heterocycles. The Labute approximate surface area is 135 Å². The van der Waals surface area contributed by atoms with Crippen LogP contribution in [-0.4, -0.2) is 24.2 Å². The number of ether oxygens (including phenoxy) is 1. The smallest absolute Gasteiger partial charge is 0.461 e. The number of nitrogens with zero attached hydrogens (tertiary/aromatic N) is 3. The third kappa shape index (κ3) is 3.53. The molecule has 1 aromatic carbocycles. The van der Waals surface area contributed by atoms with Gasteiger partial charge in [0.15, 0.2) is 5.52 Å². The number of halogens is 1. The van der Waals surface area contributed by atoms with Gasteiger partial charge in [-0.1, -0.05) is 29.8 Å². The van der Waals surface area contributed by atoms with Gasteiger partial charge in [0, 0.05) is 15.4 Å². The summed E-state index contributed by atoms with van der Waals surface area (Å²) in [6.45, 7) is 3.70. The average Bonchev–Trinajstić information content (AvgIpc) is 2.47. The molecule has 1 N–H and O–H groups in total. The molecule has 0 aliphatic rings. The summed E-state index contributed by atoms with van der Waals surface area (Å²) >= 11 is 3.25. The molecule has 0 atom stereocenters. The summed E-state index contributed by atoms with van der Waals surface area (Å²) < 4.78 is 6.17. The van der Waals surface area contributed by atoms with Crippen LogP contribution in [0.3, 0.4) is 0 Å². The summed E-state index contributed by atoms with van der Waals surface area (Å²) in [6.07, 6.45) is 0. The normalized spacial score (nSPS) is 10.9. The first-order chi connectivity index (χ1) is 10.4. The Morgan fingerprint density at radius 3 is 2.82 bits per heavy atom. The van der Waals surface area contributed by atoms with Crippen molar-refractivity contribution in [3.8, 4) is 0 Å².